The summed E-state index contributed by atoms with van der Waals surface area (Å²) in [5.41, 5.74) is 1.28. The molecule has 6 heteroatoms. The Morgan fingerprint density at radius 3 is 2.56 bits per heavy atom. The van der Waals surface area contributed by atoms with Crippen LogP contribution in [-0.2, 0) is 15.5 Å². The van der Waals surface area contributed by atoms with E-state index in [-0.39, 0.29) is 12.4 Å². The van der Waals surface area contributed by atoms with E-state index in [0.29, 0.717) is 12.0 Å². The SMILES string of the molecule is CC(=O)c1ccccc1CCOP(=O)(O)O. The first-order chi connectivity index (χ1) is 7.40. The third-order valence-corrected chi connectivity index (χ3v) is 2.55. The maximum atomic E-state index is 11.2. The van der Waals surface area contributed by atoms with Crippen molar-refractivity contribution in [3.8, 4) is 0 Å². The van der Waals surface area contributed by atoms with Crippen molar-refractivity contribution in [1.29, 1.82) is 0 Å². The highest BCUT2D eigenvalue weighted by Crippen LogP contribution is 2.35. The normalized spacial score (nSPS) is 11.4. The highest BCUT2D eigenvalue weighted by atomic mass is 31.2. The van der Waals surface area contributed by atoms with Gasteiger partial charge in [-0.3, -0.25) is 9.32 Å². The number of carbonyl (C=O) groups is 1. The molecule has 0 bridgehead atoms. The first-order valence-electron chi connectivity index (χ1n) is 4.69. The average molecular weight is 244 g/mol. The van der Waals surface area contributed by atoms with Crippen molar-refractivity contribution in [1.82, 2.24) is 0 Å². The van der Waals surface area contributed by atoms with Crippen molar-refractivity contribution < 1.29 is 23.7 Å². The molecule has 1 aromatic carbocycles. The van der Waals surface area contributed by atoms with Crippen molar-refractivity contribution >= 4 is 13.6 Å². The van der Waals surface area contributed by atoms with Crippen LogP contribution in [0.4, 0.5) is 0 Å². The maximum Gasteiger partial charge on any atom is 0.469 e. The molecule has 0 unspecified atom stereocenters. The molecule has 1 rings (SSSR count). The molecule has 0 amide bonds. The molecule has 0 heterocycles. The number of hydrogen-bond donors (Lipinski definition) is 2. The number of hydrogen-bond acceptors (Lipinski definition) is 3. The number of phosphoric ester groups is 1. The predicted octanol–water partition coefficient (Wildman–Crippen LogP) is 1.54. The van der Waals surface area contributed by atoms with Gasteiger partial charge in [0, 0.05) is 5.56 Å². The lowest BCUT2D eigenvalue weighted by molar-refractivity contribution is 0.101. The number of benzene rings is 1. The smallest absolute Gasteiger partial charge is 0.303 e. The predicted molar refractivity (Wildman–Crippen MR) is 58.1 cm³/mol. The first-order valence-corrected chi connectivity index (χ1v) is 6.22. The van der Waals surface area contributed by atoms with E-state index in [4.69, 9.17) is 9.79 Å². The van der Waals surface area contributed by atoms with Crippen molar-refractivity contribution in [2.45, 2.75) is 13.3 Å². The Kier molecular flexibility index (Phi) is 4.38. The molecule has 1 aromatic rings. The van der Waals surface area contributed by atoms with E-state index in [0.717, 1.165) is 5.56 Å². The van der Waals surface area contributed by atoms with E-state index in [2.05, 4.69) is 4.52 Å². The second-order valence-electron chi connectivity index (χ2n) is 3.29. The van der Waals surface area contributed by atoms with E-state index in [1.54, 1.807) is 24.3 Å². The largest absolute Gasteiger partial charge is 0.469 e. The highest BCUT2D eigenvalue weighted by molar-refractivity contribution is 7.46. The quantitative estimate of drug-likeness (QED) is 0.606. The molecular weight excluding hydrogens is 231 g/mol. The van der Waals surface area contributed by atoms with Gasteiger partial charge in [0.25, 0.3) is 0 Å². The Balaban J connectivity index is 2.67. The minimum absolute atomic E-state index is 0.0771. The van der Waals surface area contributed by atoms with Crippen LogP contribution in [0, 0.1) is 0 Å². The lowest BCUT2D eigenvalue weighted by Gasteiger charge is -2.07. The van der Waals surface area contributed by atoms with Gasteiger partial charge in [-0.15, -0.1) is 0 Å². The average Bonchev–Trinajstić information content (AvgIpc) is 2.16. The van der Waals surface area contributed by atoms with E-state index < -0.39 is 7.82 Å². The Bertz CT molecular complexity index is 423. The van der Waals surface area contributed by atoms with Crippen LogP contribution in [-0.4, -0.2) is 22.2 Å². The van der Waals surface area contributed by atoms with Crippen LogP contribution in [0.1, 0.15) is 22.8 Å². The summed E-state index contributed by atoms with van der Waals surface area (Å²) in [6.45, 7) is 1.33. The summed E-state index contributed by atoms with van der Waals surface area (Å²) in [6, 6.07) is 6.91. The van der Waals surface area contributed by atoms with E-state index in [1.807, 2.05) is 0 Å². The fraction of sp³-hybridized carbons (Fsp3) is 0.300. The first kappa shape index (κ1) is 13.1. The molecule has 0 fully saturated rings. The molecule has 0 radical (unpaired) electrons. The molecule has 0 aliphatic rings. The molecule has 88 valence electrons. The van der Waals surface area contributed by atoms with E-state index in [9.17, 15) is 9.36 Å². The van der Waals surface area contributed by atoms with Gasteiger partial charge in [-0.25, -0.2) is 4.57 Å². The lowest BCUT2D eigenvalue weighted by atomic mass is 10.0. The fourth-order valence-corrected chi connectivity index (χ4v) is 1.69. The van der Waals surface area contributed by atoms with Crippen molar-refractivity contribution in [2.24, 2.45) is 0 Å². The Labute approximate surface area is 93.3 Å². The van der Waals surface area contributed by atoms with Gasteiger partial charge in [-0.1, -0.05) is 24.3 Å². The van der Waals surface area contributed by atoms with Crippen molar-refractivity contribution in [3.63, 3.8) is 0 Å². The van der Waals surface area contributed by atoms with Gasteiger partial charge >= 0.3 is 7.82 Å². The van der Waals surface area contributed by atoms with Crippen LogP contribution < -0.4 is 0 Å². The third kappa shape index (κ3) is 4.24. The van der Waals surface area contributed by atoms with Gasteiger partial charge in [0.1, 0.15) is 0 Å². The lowest BCUT2D eigenvalue weighted by Crippen LogP contribution is -2.03. The minimum atomic E-state index is -4.43. The summed E-state index contributed by atoms with van der Waals surface area (Å²) in [5.74, 6) is -0.0771. The van der Waals surface area contributed by atoms with Gasteiger partial charge < -0.3 is 9.79 Å². The van der Waals surface area contributed by atoms with Crippen LogP contribution in [0.5, 0.6) is 0 Å². The molecular formula is C10H13O5P. The van der Waals surface area contributed by atoms with E-state index >= 15 is 0 Å². The molecule has 0 atom stereocenters. The van der Waals surface area contributed by atoms with Crippen LogP contribution in [0.25, 0.3) is 0 Å². The molecule has 0 aromatic heterocycles. The number of ketones is 1. The molecule has 0 aliphatic carbocycles. The minimum Gasteiger partial charge on any atom is -0.303 e. The van der Waals surface area contributed by atoms with Gasteiger partial charge in [0.05, 0.1) is 6.61 Å². The zero-order valence-corrected chi connectivity index (χ0v) is 9.68. The molecule has 16 heavy (non-hydrogen) atoms. The summed E-state index contributed by atoms with van der Waals surface area (Å²) < 4.78 is 14.8. The zero-order valence-electron chi connectivity index (χ0n) is 8.79. The summed E-state index contributed by atoms with van der Waals surface area (Å²) >= 11 is 0. The third-order valence-electron chi connectivity index (χ3n) is 2.03. The number of carbonyl (C=O) groups excluding carboxylic acids is 1. The fourth-order valence-electron chi connectivity index (χ4n) is 1.36. The topological polar surface area (TPSA) is 83.8 Å². The molecule has 0 spiro atoms. The van der Waals surface area contributed by atoms with Gasteiger partial charge in [-0.05, 0) is 18.9 Å². The number of Topliss-reactive ketones (excluding diaryl/α,β-unsaturated/α-hetero) is 1. The van der Waals surface area contributed by atoms with Gasteiger partial charge in [-0.2, -0.15) is 0 Å². The summed E-state index contributed by atoms with van der Waals surface area (Å²) in [7, 11) is -4.43. The number of rotatable bonds is 5. The Hall–Kier alpha value is -1.00. The maximum absolute atomic E-state index is 11.2. The molecule has 0 saturated carbocycles. The van der Waals surface area contributed by atoms with Crippen molar-refractivity contribution in [2.75, 3.05) is 6.61 Å². The zero-order chi connectivity index (χ0) is 12.2. The van der Waals surface area contributed by atoms with Crippen LogP contribution >= 0.6 is 7.82 Å². The van der Waals surface area contributed by atoms with Crippen molar-refractivity contribution in [3.05, 3.63) is 35.4 Å². The summed E-state index contributed by atoms with van der Waals surface area (Å²) in [4.78, 5) is 28.2. The monoisotopic (exact) mass is 244 g/mol. The second-order valence-corrected chi connectivity index (χ2v) is 4.53. The molecule has 0 saturated heterocycles. The van der Waals surface area contributed by atoms with Crippen LogP contribution in [0.15, 0.2) is 24.3 Å². The summed E-state index contributed by atoms with van der Waals surface area (Å²) in [6.07, 6.45) is 0.293. The molecule has 0 aliphatic heterocycles. The van der Waals surface area contributed by atoms with Crippen LogP contribution in [0.2, 0.25) is 0 Å². The van der Waals surface area contributed by atoms with E-state index in [1.165, 1.54) is 6.92 Å². The van der Waals surface area contributed by atoms with Gasteiger partial charge in [0.2, 0.25) is 0 Å². The number of phosphoric acid groups is 1. The second kappa shape index (κ2) is 5.37. The van der Waals surface area contributed by atoms with Gasteiger partial charge in [0.15, 0.2) is 5.78 Å². The molecule has 5 nitrogen and oxygen atoms in total. The standard InChI is InChI=1S/C10H13O5P/c1-8(11)10-5-3-2-4-9(10)6-7-15-16(12,13)14/h2-5H,6-7H2,1H3,(H2,12,13,14). The van der Waals surface area contributed by atoms with Crippen LogP contribution in [0.3, 0.4) is 0 Å². The summed E-state index contributed by atoms with van der Waals surface area (Å²) in [5, 5.41) is 0. The molecule has 2 N–H and O–H groups in total. The highest BCUT2D eigenvalue weighted by Gasteiger charge is 2.14. The Morgan fingerprint density at radius 2 is 2.00 bits per heavy atom. The Morgan fingerprint density at radius 1 is 1.38 bits per heavy atom.